The van der Waals surface area contributed by atoms with Gasteiger partial charge in [-0.3, -0.25) is 0 Å². The first-order valence-electron chi connectivity index (χ1n) is 7.84. The zero-order valence-corrected chi connectivity index (χ0v) is 16.8. The molecule has 0 aliphatic heterocycles. The number of aliphatic carboxylic acids is 1. The second-order valence-corrected chi connectivity index (χ2v) is 11.6. The number of para-hydroxylation sites is 1. The monoisotopic (exact) mass is 384 g/mol. The molecular formula is C17H31F3O4Si. The molecule has 1 aromatic rings. The van der Waals surface area contributed by atoms with Gasteiger partial charge in [-0.15, -0.1) is 0 Å². The van der Waals surface area contributed by atoms with Crippen LogP contribution in [0.5, 0.6) is 5.75 Å². The fourth-order valence-electron chi connectivity index (χ4n) is 2.74. The van der Waals surface area contributed by atoms with Gasteiger partial charge in [0.15, 0.2) is 0 Å². The zero-order valence-electron chi connectivity index (χ0n) is 15.6. The minimum Gasteiger partial charge on any atom is -0.508 e. The van der Waals surface area contributed by atoms with Crippen molar-refractivity contribution in [1.82, 2.24) is 0 Å². The lowest BCUT2D eigenvalue weighted by molar-refractivity contribution is -0.192. The van der Waals surface area contributed by atoms with Gasteiger partial charge in [-0.05, 0) is 12.1 Å². The Bertz CT molecular complexity index is 430. The fourth-order valence-corrected chi connectivity index (χ4v) is 7.36. The molecule has 148 valence electrons. The van der Waals surface area contributed by atoms with Crippen LogP contribution in [0.15, 0.2) is 30.3 Å². The molecular weight excluding hydrogens is 353 g/mol. The molecule has 0 unspecified atom stereocenters. The zero-order chi connectivity index (χ0) is 19.5. The number of rotatable bonds is 3. The molecule has 0 saturated carbocycles. The number of benzene rings is 1. The maximum Gasteiger partial charge on any atom is 0.490 e. The standard InChI is InChI=1S/C9H22Si.C6H6O.C2HF3O2.H2O/c1-7(2)10(8(3)4)9(5)6;7-6-4-2-1-3-5-6;3-2(4,5)1(6)7;/h7-10H,1-6H3;1-5,7H;(H,6,7);1H2. The van der Waals surface area contributed by atoms with Crippen LogP contribution in [-0.4, -0.2) is 36.6 Å². The van der Waals surface area contributed by atoms with Gasteiger partial charge in [-0.1, -0.05) is 76.4 Å². The third-order valence-electron chi connectivity index (χ3n) is 3.31. The highest BCUT2D eigenvalue weighted by atomic mass is 28.3. The number of carboxylic acid groups (broad SMARTS) is 1. The Kier molecular flexibility index (Phi) is 15.5. The number of aromatic hydroxyl groups is 1. The lowest BCUT2D eigenvalue weighted by atomic mass is 10.3. The molecule has 0 bridgehead atoms. The van der Waals surface area contributed by atoms with E-state index in [9.17, 15) is 13.2 Å². The Morgan fingerprint density at radius 3 is 1.28 bits per heavy atom. The molecule has 1 aromatic carbocycles. The van der Waals surface area contributed by atoms with Gasteiger partial charge in [0, 0.05) is 8.80 Å². The van der Waals surface area contributed by atoms with E-state index in [0.29, 0.717) is 5.75 Å². The van der Waals surface area contributed by atoms with Gasteiger partial charge in [0.25, 0.3) is 0 Å². The van der Waals surface area contributed by atoms with E-state index in [1.54, 1.807) is 24.3 Å². The molecule has 4 N–H and O–H groups in total. The molecule has 8 heteroatoms. The summed E-state index contributed by atoms with van der Waals surface area (Å²) in [6, 6.07) is 8.71. The average Bonchev–Trinajstić information content (AvgIpc) is 2.38. The van der Waals surface area contributed by atoms with Crippen molar-refractivity contribution < 1.29 is 33.7 Å². The third-order valence-corrected chi connectivity index (χ3v) is 7.93. The van der Waals surface area contributed by atoms with Gasteiger partial charge in [0.1, 0.15) is 5.75 Å². The highest BCUT2D eigenvalue weighted by Crippen LogP contribution is 2.29. The first-order chi connectivity index (χ1) is 10.8. The topological polar surface area (TPSA) is 89.0 Å². The summed E-state index contributed by atoms with van der Waals surface area (Å²) in [5.41, 5.74) is 2.92. The van der Waals surface area contributed by atoms with Crippen LogP contribution in [-0.2, 0) is 4.79 Å². The summed E-state index contributed by atoms with van der Waals surface area (Å²) in [6.07, 6.45) is -5.08. The molecule has 0 radical (unpaired) electrons. The summed E-state index contributed by atoms with van der Waals surface area (Å²) in [6.45, 7) is 14.3. The summed E-state index contributed by atoms with van der Waals surface area (Å²) in [7, 11) is -0.454. The Morgan fingerprint density at radius 2 is 1.20 bits per heavy atom. The van der Waals surface area contributed by atoms with Crippen LogP contribution >= 0.6 is 0 Å². The summed E-state index contributed by atoms with van der Waals surface area (Å²) in [4.78, 5) is 8.90. The van der Waals surface area contributed by atoms with Gasteiger partial charge < -0.3 is 15.7 Å². The minimum absolute atomic E-state index is 0. The summed E-state index contributed by atoms with van der Waals surface area (Å²) in [5, 5.41) is 15.8. The highest BCUT2D eigenvalue weighted by molar-refractivity contribution is 6.63. The number of carbonyl (C=O) groups is 1. The molecule has 4 nitrogen and oxygen atoms in total. The summed E-state index contributed by atoms with van der Waals surface area (Å²) < 4.78 is 31.7. The molecule has 1 rings (SSSR count). The summed E-state index contributed by atoms with van der Waals surface area (Å²) >= 11 is 0. The number of phenolic OH excluding ortho intramolecular Hbond substituents is 1. The van der Waals surface area contributed by atoms with Crippen LogP contribution in [0.3, 0.4) is 0 Å². The Morgan fingerprint density at radius 1 is 0.920 bits per heavy atom. The molecule has 0 atom stereocenters. The maximum absolute atomic E-state index is 10.6. The van der Waals surface area contributed by atoms with Crippen molar-refractivity contribution in [3.63, 3.8) is 0 Å². The van der Waals surface area contributed by atoms with Crippen molar-refractivity contribution in [2.45, 2.75) is 64.3 Å². The summed E-state index contributed by atoms with van der Waals surface area (Å²) in [5.74, 6) is -2.44. The van der Waals surface area contributed by atoms with Gasteiger partial charge in [0.05, 0.1) is 0 Å². The fraction of sp³-hybridized carbons (Fsp3) is 0.588. The van der Waals surface area contributed by atoms with Crippen molar-refractivity contribution >= 4 is 14.8 Å². The first-order valence-corrected chi connectivity index (χ1v) is 9.84. The minimum atomic E-state index is -5.08. The lowest BCUT2D eigenvalue weighted by Gasteiger charge is -2.26. The smallest absolute Gasteiger partial charge is 0.490 e. The van der Waals surface area contributed by atoms with Crippen molar-refractivity contribution in [3.8, 4) is 5.75 Å². The number of hydrogen-bond donors (Lipinski definition) is 2. The Labute approximate surface area is 149 Å². The van der Waals surface area contributed by atoms with E-state index in [1.807, 2.05) is 6.07 Å². The molecule has 0 aromatic heterocycles. The van der Waals surface area contributed by atoms with Crippen molar-refractivity contribution in [3.05, 3.63) is 30.3 Å². The van der Waals surface area contributed by atoms with Crippen LogP contribution in [0.25, 0.3) is 0 Å². The second-order valence-electron chi connectivity index (χ2n) is 6.45. The Balaban J connectivity index is -0.000000291. The molecule has 0 fully saturated rings. The van der Waals surface area contributed by atoms with E-state index in [-0.39, 0.29) is 5.48 Å². The predicted molar refractivity (Wildman–Crippen MR) is 97.9 cm³/mol. The molecule has 0 spiro atoms. The number of carboxylic acids is 1. The number of halogens is 3. The van der Waals surface area contributed by atoms with E-state index in [1.165, 1.54) is 0 Å². The van der Waals surface area contributed by atoms with Crippen LogP contribution in [0, 0.1) is 0 Å². The normalized spacial score (nSPS) is 10.6. The maximum atomic E-state index is 10.6. The third kappa shape index (κ3) is 15.7. The van der Waals surface area contributed by atoms with Crippen molar-refractivity contribution in [1.29, 1.82) is 0 Å². The van der Waals surface area contributed by atoms with E-state index in [0.717, 1.165) is 16.6 Å². The molecule has 0 amide bonds. The van der Waals surface area contributed by atoms with Crippen LogP contribution in [0.2, 0.25) is 16.6 Å². The quantitative estimate of drug-likeness (QED) is 0.744. The predicted octanol–water partition coefficient (Wildman–Crippen LogP) is 4.64. The highest BCUT2D eigenvalue weighted by Gasteiger charge is 2.38. The molecule has 25 heavy (non-hydrogen) atoms. The number of phenols is 1. The Hall–Kier alpha value is -1.54. The first kappa shape index (κ1) is 28.3. The number of hydrogen-bond acceptors (Lipinski definition) is 2. The van der Waals surface area contributed by atoms with E-state index < -0.39 is 20.9 Å². The van der Waals surface area contributed by atoms with Gasteiger partial charge in [0.2, 0.25) is 0 Å². The van der Waals surface area contributed by atoms with E-state index >= 15 is 0 Å². The van der Waals surface area contributed by atoms with Crippen LogP contribution in [0.1, 0.15) is 41.5 Å². The van der Waals surface area contributed by atoms with Gasteiger partial charge in [-0.25, -0.2) is 4.79 Å². The van der Waals surface area contributed by atoms with E-state index in [2.05, 4.69) is 41.5 Å². The lowest BCUT2D eigenvalue weighted by Crippen LogP contribution is -2.24. The molecule has 0 aliphatic rings. The average molecular weight is 385 g/mol. The van der Waals surface area contributed by atoms with Crippen molar-refractivity contribution in [2.24, 2.45) is 0 Å². The molecule has 0 heterocycles. The SMILES string of the molecule is CC(C)[SiH](C(C)C)C(C)C.O.O=C(O)C(F)(F)F.Oc1ccccc1. The van der Waals surface area contributed by atoms with Crippen LogP contribution < -0.4 is 0 Å². The number of alkyl halides is 3. The largest absolute Gasteiger partial charge is 0.508 e. The van der Waals surface area contributed by atoms with Crippen LogP contribution in [0.4, 0.5) is 13.2 Å². The van der Waals surface area contributed by atoms with Gasteiger partial charge in [-0.2, -0.15) is 13.2 Å². The molecule has 0 saturated heterocycles. The second kappa shape index (κ2) is 13.7. The molecule has 0 aliphatic carbocycles. The van der Waals surface area contributed by atoms with Gasteiger partial charge >= 0.3 is 12.1 Å². The van der Waals surface area contributed by atoms with E-state index in [4.69, 9.17) is 15.0 Å². The van der Waals surface area contributed by atoms with Crippen molar-refractivity contribution in [2.75, 3.05) is 0 Å².